The molecule has 1 amide bonds. The highest BCUT2D eigenvalue weighted by Crippen LogP contribution is 2.32. The summed E-state index contributed by atoms with van der Waals surface area (Å²) in [4.78, 5) is 22.7. The molecule has 21 heavy (non-hydrogen) atoms. The number of anilines is 1. The van der Waals surface area contributed by atoms with Gasteiger partial charge in [0.1, 0.15) is 0 Å². The molecule has 1 aromatic rings. The monoisotopic (exact) mass is 290 g/mol. The van der Waals surface area contributed by atoms with Crippen molar-refractivity contribution in [2.75, 3.05) is 18.4 Å². The fourth-order valence-corrected chi connectivity index (χ4v) is 2.70. The van der Waals surface area contributed by atoms with Crippen LogP contribution < -0.4 is 10.6 Å². The van der Waals surface area contributed by atoms with Crippen molar-refractivity contribution in [1.82, 2.24) is 5.32 Å². The van der Waals surface area contributed by atoms with Crippen molar-refractivity contribution >= 4 is 17.6 Å². The van der Waals surface area contributed by atoms with E-state index in [1.54, 1.807) is 0 Å². The van der Waals surface area contributed by atoms with Gasteiger partial charge < -0.3 is 15.7 Å². The molecule has 3 N–H and O–H groups in total. The first kappa shape index (κ1) is 15.4. The molecule has 1 aliphatic heterocycles. The Morgan fingerprint density at radius 2 is 2.19 bits per heavy atom. The number of para-hydroxylation sites is 1. The van der Waals surface area contributed by atoms with Crippen molar-refractivity contribution in [3.05, 3.63) is 29.8 Å². The number of hydrogen-bond donors (Lipinski definition) is 3. The van der Waals surface area contributed by atoms with Crippen LogP contribution in [0.4, 0.5) is 5.69 Å². The summed E-state index contributed by atoms with van der Waals surface area (Å²) in [7, 11) is 0. The minimum Gasteiger partial charge on any atom is -0.481 e. The zero-order valence-electron chi connectivity index (χ0n) is 12.3. The number of fused-ring (bicyclic) bond motifs is 1. The number of carboxylic acid groups (broad SMARTS) is 1. The van der Waals surface area contributed by atoms with E-state index in [0.29, 0.717) is 13.0 Å². The van der Waals surface area contributed by atoms with E-state index in [-0.39, 0.29) is 24.2 Å². The number of aliphatic carboxylic acids is 1. The van der Waals surface area contributed by atoms with Crippen LogP contribution in [0.1, 0.15) is 37.7 Å². The number of rotatable bonds is 7. The molecular formula is C16H22N2O3. The molecule has 0 aliphatic carbocycles. The lowest BCUT2D eigenvalue weighted by Crippen LogP contribution is -2.31. The Hall–Kier alpha value is -2.04. The van der Waals surface area contributed by atoms with Crippen LogP contribution in [-0.2, 0) is 9.59 Å². The lowest BCUT2D eigenvalue weighted by atomic mass is 9.97. The molecule has 2 rings (SSSR count). The number of hydrogen-bond acceptors (Lipinski definition) is 3. The fraction of sp³-hybridized carbons (Fsp3) is 0.500. The predicted molar refractivity (Wildman–Crippen MR) is 81.3 cm³/mol. The van der Waals surface area contributed by atoms with E-state index in [2.05, 4.69) is 10.6 Å². The second-order valence-electron chi connectivity index (χ2n) is 5.55. The first-order valence-corrected chi connectivity index (χ1v) is 7.41. The molecule has 1 aliphatic rings. The van der Waals surface area contributed by atoms with E-state index in [9.17, 15) is 9.59 Å². The van der Waals surface area contributed by atoms with Crippen LogP contribution in [-0.4, -0.2) is 30.1 Å². The number of nitrogens with one attached hydrogen (secondary N) is 2. The maximum absolute atomic E-state index is 12.0. The average Bonchev–Trinajstić information content (AvgIpc) is 2.86. The van der Waals surface area contributed by atoms with Gasteiger partial charge in [0, 0.05) is 37.5 Å². The minimum atomic E-state index is -0.815. The van der Waals surface area contributed by atoms with E-state index in [1.807, 2.05) is 31.2 Å². The van der Waals surface area contributed by atoms with Gasteiger partial charge in [0.15, 0.2) is 0 Å². The number of carbonyl (C=O) groups is 2. The highest BCUT2D eigenvalue weighted by molar-refractivity contribution is 5.78. The summed E-state index contributed by atoms with van der Waals surface area (Å²) >= 11 is 0. The smallest absolute Gasteiger partial charge is 0.303 e. The van der Waals surface area contributed by atoms with Gasteiger partial charge in [-0.3, -0.25) is 9.59 Å². The molecule has 0 saturated heterocycles. The van der Waals surface area contributed by atoms with Gasteiger partial charge in [0.25, 0.3) is 0 Å². The average molecular weight is 290 g/mol. The van der Waals surface area contributed by atoms with E-state index < -0.39 is 5.97 Å². The molecule has 1 aromatic carbocycles. The second-order valence-corrected chi connectivity index (χ2v) is 5.55. The van der Waals surface area contributed by atoms with E-state index in [0.717, 1.165) is 18.7 Å². The van der Waals surface area contributed by atoms with Gasteiger partial charge in [-0.05, 0) is 17.5 Å². The van der Waals surface area contributed by atoms with Crippen LogP contribution in [0.2, 0.25) is 0 Å². The van der Waals surface area contributed by atoms with Crippen molar-refractivity contribution in [2.24, 2.45) is 5.92 Å². The zero-order chi connectivity index (χ0) is 15.2. The summed E-state index contributed by atoms with van der Waals surface area (Å²) in [6, 6.07) is 8.03. The summed E-state index contributed by atoms with van der Waals surface area (Å²) in [5, 5.41) is 15.0. The van der Waals surface area contributed by atoms with Crippen LogP contribution in [0.3, 0.4) is 0 Å². The Kier molecular flexibility index (Phi) is 5.20. The Bertz CT molecular complexity index is 516. The van der Waals surface area contributed by atoms with Crippen molar-refractivity contribution < 1.29 is 14.7 Å². The van der Waals surface area contributed by atoms with Gasteiger partial charge in [-0.1, -0.05) is 31.5 Å². The molecule has 5 heteroatoms. The van der Waals surface area contributed by atoms with Gasteiger partial charge in [0.05, 0.1) is 0 Å². The molecule has 1 heterocycles. The Morgan fingerprint density at radius 1 is 1.43 bits per heavy atom. The summed E-state index contributed by atoms with van der Waals surface area (Å²) in [6.45, 7) is 3.15. The van der Waals surface area contributed by atoms with Gasteiger partial charge in [-0.25, -0.2) is 0 Å². The van der Waals surface area contributed by atoms with Crippen molar-refractivity contribution in [2.45, 2.75) is 32.1 Å². The largest absolute Gasteiger partial charge is 0.481 e. The third kappa shape index (κ3) is 4.21. The highest BCUT2D eigenvalue weighted by Gasteiger charge is 2.24. The molecular weight excluding hydrogens is 268 g/mol. The Morgan fingerprint density at radius 3 is 2.90 bits per heavy atom. The van der Waals surface area contributed by atoms with Crippen LogP contribution in [0, 0.1) is 5.92 Å². The van der Waals surface area contributed by atoms with Crippen LogP contribution in [0.25, 0.3) is 0 Å². The number of carboxylic acids is 1. The summed E-state index contributed by atoms with van der Waals surface area (Å²) < 4.78 is 0. The second kappa shape index (κ2) is 7.11. The van der Waals surface area contributed by atoms with E-state index >= 15 is 0 Å². The van der Waals surface area contributed by atoms with Gasteiger partial charge >= 0.3 is 5.97 Å². The fourth-order valence-electron chi connectivity index (χ4n) is 2.70. The molecule has 2 atom stereocenters. The lowest BCUT2D eigenvalue weighted by Gasteiger charge is -2.15. The maximum Gasteiger partial charge on any atom is 0.303 e. The molecule has 114 valence electrons. The number of amides is 1. The molecule has 0 bridgehead atoms. The van der Waals surface area contributed by atoms with Gasteiger partial charge in [-0.15, -0.1) is 0 Å². The number of carbonyl (C=O) groups excluding carboxylic acids is 1. The first-order valence-electron chi connectivity index (χ1n) is 7.41. The van der Waals surface area contributed by atoms with Crippen LogP contribution >= 0.6 is 0 Å². The maximum atomic E-state index is 12.0. The van der Waals surface area contributed by atoms with E-state index in [4.69, 9.17) is 5.11 Å². The quantitative estimate of drug-likeness (QED) is 0.719. The topological polar surface area (TPSA) is 78.4 Å². The van der Waals surface area contributed by atoms with Crippen molar-refractivity contribution in [1.29, 1.82) is 0 Å². The zero-order valence-corrected chi connectivity index (χ0v) is 12.3. The normalized spacial score (nSPS) is 17.7. The Labute approximate surface area is 124 Å². The van der Waals surface area contributed by atoms with E-state index in [1.165, 1.54) is 5.56 Å². The van der Waals surface area contributed by atoms with Crippen LogP contribution in [0.15, 0.2) is 24.3 Å². The summed E-state index contributed by atoms with van der Waals surface area (Å²) in [5.74, 6) is -0.631. The third-order valence-electron chi connectivity index (χ3n) is 4.00. The van der Waals surface area contributed by atoms with Crippen LogP contribution in [0.5, 0.6) is 0 Å². The SMILES string of the molecule is CCC(CNC(=O)CC1CNc2ccccc21)CC(=O)O. The van der Waals surface area contributed by atoms with Gasteiger partial charge in [0.2, 0.25) is 5.91 Å². The van der Waals surface area contributed by atoms with Gasteiger partial charge in [-0.2, -0.15) is 0 Å². The Balaban J connectivity index is 1.82. The molecule has 2 unspecified atom stereocenters. The summed E-state index contributed by atoms with van der Waals surface area (Å²) in [6.07, 6.45) is 1.29. The van der Waals surface area contributed by atoms with Crippen molar-refractivity contribution in [3.63, 3.8) is 0 Å². The molecule has 0 spiro atoms. The summed E-state index contributed by atoms with van der Waals surface area (Å²) in [5.41, 5.74) is 2.29. The molecule has 5 nitrogen and oxygen atoms in total. The standard InChI is InChI=1S/C16H22N2O3/c1-2-11(7-16(20)21)9-18-15(19)8-12-10-17-14-6-4-3-5-13(12)14/h3-6,11-12,17H,2,7-10H2,1H3,(H,18,19)(H,20,21). The highest BCUT2D eigenvalue weighted by atomic mass is 16.4. The number of benzene rings is 1. The van der Waals surface area contributed by atoms with Crippen molar-refractivity contribution in [3.8, 4) is 0 Å². The molecule has 0 fully saturated rings. The molecule has 0 saturated carbocycles. The predicted octanol–water partition coefficient (Wildman–Crippen LogP) is 2.20. The minimum absolute atomic E-state index is 0.000407. The first-order chi connectivity index (χ1) is 10.1. The lowest BCUT2D eigenvalue weighted by molar-refractivity contribution is -0.138. The molecule has 0 radical (unpaired) electrons. The third-order valence-corrected chi connectivity index (χ3v) is 4.00. The molecule has 0 aromatic heterocycles.